The Labute approximate surface area is 161 Å². The van der Waals surface area contributed by atoms with Crippen LogP contribution >= 0.6 is 0 Å². The molecule has 150 valence electrons. The van der Waals surface area contributed by atoms with Gasteiger partial charge in [0.25, 0.3) is 0 Å². The third-order valence-corrected chi connectivity index (χ3v) is 6.49. The fourth-order valence-electron chi connectivity index (χ4n) is 3.83. The number of carbonyl (C=O) groups is 1. The van der Waals surface area contributed by atoms with Crippen LogP contribution in [0.15, 0.2) is 18.2 Å². The normalized spacial score (nSPS) is 25.2. The number of hydrogen-bond donors (Lipinski definition) is 1. The van der Waals surface area contributed by atoms with Crippen molar-refractivity contribution in [2.45, 2.75) is 44.8 Å². The van der Waals surface area contributed by atoms with Crippen molar-refractivity contribution < 1.29 is 22.7 Å². The second kappa shape index (κ2) is 7.31. The molecule has 0 bridgehead atoms. The van der Waals surface area contributed by atoms with E-state index in [1.165, 1.54) is 10.6 Å². The number of nitrogens with zero attached hydrogens (tertiary/aromatic N) is 1. The first-order valence-electron chi connectivity index (χ1n) is 9.21. The Bertz CT molecular complexity index is 821. The minimum Gasteiger partial charge on any atom is -0.497 e. The first-order valence-corrected chi connectivity index (χ1v) is 11.1. The highest BCUT2D eigenvalue weighted by atomic mass is 32.2. The van der Waals surface area contributed by atoms with Crippen molar-refractivity contribution in [3.05, 3.63) is 23.8 Å². The van der Waals surface area contributed by atoms with Crippen LogP contribution in [0.4, 0.5) is 0 Å². The Balaban J connectivity index is 1.78. The summed E-state index contributed by atoms with van der Waals surface area (Å²) in [6.07, 6.45) is 3.22. The highest BCUT2D eigenvalue weighted by molar-refractivity contribution is 7.88. The highest BCUT2D eigenvalue weighted by Gasteiger charge is 2.37. The molecule has 1 saturated heterocycles. The van der Waals surface area contributed by atoms with Crippen molar-refractivity contribution >= 4 is 15.9 Å². The quantitative estimate of drug-likeness (QED) is 0.842. The molecule has 3 rings (SSSR count). The van der Waals surface area contributed by atoms with E-state index in [0.29, 0.717) is 37.3 Å². The van der Waals surface area contributed by atoms with Crippen LogP contribution < -0.4 is 14.8 Å². The first kappa shape index (κ1) is 19.9. The van der Waals surface area contributed by atoms with Gasteiger partial charge in [0.2, 0.25) is 15.9 Å². The summed E-state index contributed by atoms with van der Waals surface area (Å²) in [6, 6.07) is 5.42. The van der Waals surface area contributed by atoms with Gasteiger partial charge in [0.1, 0.15) is 17.1 Å². The fourth-order valence-corrected chi connectivity index (χ4v) is 4.75. The Morgan fingerprint density at radius 1 is 1.37 bits per heavy atom. The lowest BCUT2D eigenvalue weighted by Gasteiger charge is -2.39. The maximum absolute atomic E-state index is 12.9. The summed E-state index contributed by atoms with van der Waals surface area (Å²) < 4.78 is 36.4. The van der Waals surface area contributed by atoms with Crippen molar-refractivity contribution in [1.82, 2.24) is 9.62 Å². The molecule has 0 aromatic heterocycles. The second-order valence-electron chi connectivity index (χ2n) is 7.99. The van der Waals surface area contributed by atoms with Gasteiger partial charge in [0.05, 0.1) is 25.3 Å². The van der Waals surface area contributed by atoms with Crippen molar-refractivity contribution in [3.8, 4) is 11.5 Å². The molecule has 8 heteroatoms. The van der Waals surface area contributed by atoms with E-state index in [1.54, 1.807) is 7.11 Å². The van der Waals surface area contributed by atoms with Gasteiger partial charge in [-0.1, -0.05) is 0 Å². The van der Waals surface area contributed by atoms with Gasteiger partial charge in [-0.25, -0.2) is 12.7 Å². The molecule has 27 heavy (non-hydrogen) atoms. The van der Waals surface area contributed by atoms with Crippen molar-refractivity contribution in [2.24, 2.45) is 5.92 Å². The molecule has 2 aliphatic heterocycles. The number of carbonyl (C=O) groups excluding carboxylic acids is 1. The Hall–Kier alpha value is -1.80. The number of sulfonamides is 1. The van der Waals surface area contributed by atoms with Crippen LogP contribution in [0.3, 0.4) is 0 Å². The minimum atomic E-state index is -3.28. The zero-order chi connectivity index (χ0) is 19.8. The van der Waals surface area contributed by atoms with E-state index in [1.807, 2.05) is 32.0 Å². The molecule has 2 aliphatic rings. The summed E-state index contributed by atoms with van der Waals surface area (Å²) in [5.74, 6) is 0.971. The van der Waals surface area contributed by atoms with Crippen LogP contribution in [0.1, 0.15) is 44.7 Å². The standard InChI is InChI=1S/C19H28N2O5S/c1-19(2)11-16(15-8-7-14(25-3)10-17(15)26-19)20-18(22)13-6-5-9-21(12-13)27(4,23)24/h7-8,10,13,16H,5-6,9,11-12H2,1-4H3,(H,20,22)/t13-,16-/m1/s1. The molecule has 2 heterocycles. The van der Waals surface area contributed by atoms with E-state index >= 15 is 0 Å². The predicted octanol–water partition coefficient (Wildman–Crippen LogP) is 2.09. The third kappa shape index (κ3) is 4.55. The number of methoxy groups -OCH3 is 1. The number of amides is 1. The van der Waals surface area contributed by atoms with Gasteiger partial charge in [0, 0.05) is 31.1 Å². The summed E-state index contributed by atoms with van der Waals surface area (Å²) >= 11 is 0. The molecular weight excluding hydrogens is 368 g/mol. The number of fused-ring (bicyclic) bond motifs is 1. The van der Waals surface area contributed by atoms with E-state index in [-0.39, 0.29) is 24.4 Å². The average molecular weight is 397 g/mol. The summed E-state index contributed by atoms with van der Waals surface area (Å²) in [6.45, 7) is 4.70. The van der Waals surface area contributed by atoms with Crippen LogP contribution in [0.5, 0.6) is 11.5 Å². The van der Waals surface area contributed by atoms with E-state index in [9.17, 15) is 13.2 Å². The maximum atomic E-state index is 12.9. The lowest BCUT2D eigenvalue weighted by atomic mass is 9.88. The van der Waals surface area contributed by atoms with Gasteiger partial charge in [0.15, 0.2) is 0 Å². The topological polar surface area (TPSA) is 84.9 Å². The van der Waals surface area contributed by atoms with Crippen LogP contribution in [0.2, 0.25) is 0 Å². The maximum Gasteiger partial charge on any atom is 0.224 e. The molecule has 7 nitrogen and oxygen atoms in total. The zero-order valence-corrected chi connectivity index (χ0v) is 17.1. The average Bonchev–Trinajstić information content (AvgIpc) is 2.59. The smallest absolute Gasteiger partial charge is 0.224 e. The van der Waals surface area contributed by atoms with Crippen molar-refractivity contribution in [1.29, 1.82) is 0 Å². The molecule has 0 radical (unpaired) electrons. The number of piperidine rings is 1. The van der Waals surface area contributed by atoms with Gasteiger partial charge in [-0.15, -0.1) is 0 Å². The molecule has 0 unspecified atom stereocenters. The van der Waals surface area contributed by atoms with Gasteiger partial charge >= 0.3 is 0 Å². The molecular formula is C19H28N2O5S. The SMILES string of the molecule is COc1ccc2c(c1)OC(C)(C)C[C@H]2NC(=O)[C@@H]1CCCN(S(C)(=O)=O)C1. The van der Waals surface area contributed by atoms with Crippen molar-refractivity contribution in [3.63, 3.8) is 0 Å². The molecule has 2 atom stereocenters. The number of hydrogen-bond acceptors (Lipinski definition) is 5. The molecule has 0 aliphatic carbocycles. The number of benzene rings is 1. The van der Waals surface area contributed by atoms with Crippen LogP contribution in [-0.4, -0.2) is 50.7 Å². The van der Waals surface area contributed by atoms with Gasteiger partial charge in [-0.2, -0.15) is 0 Å². The van der Waals surface area contributed by atoms with Gasteiger partial charge < -0.3 is 14.8 Å². The Morgan fingerprint density at radius 3 is 2.78 bits per heavy atom. The van der Waals surface area contributed by atoms with Crippen LogP contribution in [0.25, 0.3) is 0 Å². The lowest BCUT2D eigenvalue weighted by molar-refractivity contribution is -0.127. The van der Waals surface area contributed by atoms with Gasteiger partial charge in [-0.3, -0.25) is 4.79 Å². The Morgan fingerprint density at radius 2 is 2.11 bits per heavy atom. The number of ether oxygens (including phenoxy) is 2. The summed E-state index contributed by atoms with van der Waals surface area (Å²) in [4.78, 5) is 12.9. The van der Waals surface area contributed by atoms with E-state index in [2.05, 4.69) is 5.32 Å². The molecule has 1 aromatic carbocycles. The largest absolute Gasteiger partial charge is 0.497 e. The molecule has 1 fully saturated rings. The molecule has 0 saturated carbocycles. The summed E-state index contributed by atoms with van der Waals surface area (Å²) in [5, 5.41) is 3.13. The molecule has 1 N–H and O–H groups in total. The predicted molar refractivity (Wildman–Crippen MR) is 102 cm³/mol. The lowest BCUT2D eigenvalue weighted by Crippen LogP contribution is -2.47. The summed E-state index contributed by atoms with van der Waals surface area (Å²) in [5.41, 5.74) is 0.488. The number of nitrogens with one attached hydrogen (secondary N) is 1. The Kier molecular flexibility index (Phi) is 5.40. The van der Waals surface area contributed by atoms with E-state index in [4.69, 9.17) is 9.47 Å². The van der Waals surface area contributed by atoms with Crippen molar-refractivity contribution in [2.75, 3.05) is 26.5 Å². The molecule has 1 aromatic rings. The number of rotatable bonds is 4. The summed E-state index contributed by atoms with van der Waals surface area (Å²) in [7, 11) is -1.68. The van der Waals surface area contributed by atoms with E-state index in [0.717, 1.165) is 5.56 Å². The minimum absolute atomic E-state index is 0.104. The van der Waals surface area contributed by atoms with Crippen LogP contribution in [-0.2, 0) is 14.8 Å². The highest BCUT2D eigenvalue weighted by Crippen LogP contribution is 2.41. The van der Waals surface area contributed by atoms with E-state index < -0.39 is 15.6 Å². The van der Waals surface area contributed by atoms with Crippen LogP contribution in [0, 0.1) is 5.92 Å². The zero-order valence-electron chi connectivity index (χ0n) is 16.3. The fraction of sp³-hybridized carbons (Fsp3) is 0.632. The monoisotopic (exact) mass is 396 g/mol. The third-order valence-electron chi connectivity index (χ3n) is 5.22. The first-order chi connectivity index (χ1) is 12.6. The van der Waals surface area contributed by atoms with Gasteiger partial charge in [-0.05, 0) is 38.8 Å². The molecule has 0 spiro atoms. The second-order valence-corrected chi connectivity index (χ2v) is 9.97. The molecule has 1 amide bonds.